The molecule has 0 saturated heterocycles. The highest BCUT2D eigenvalue weighted by Crippen LogP contribution is 2.31. The molecule has 1 saturated carbocycles. The highest BCUT2D eigenvalue weighted by Gasteiger charge is 2.21. The largest absolute Gasteiger partial charge is 0.310 e. The first-order valence-electron chi connectivity index (χ1n) is 6.79. The van der Waals surface area contributed by atoms with E-state index in [0.29, 0.717) is 29.1 Å². The molecule has 0 aliphatic heterocycles. The molecule has 1 aliphatic rings. The molecule has 1 aliphatic carbocycles. The fraction of sp³-hybridized carbons (Fsp3) is 0.429. The lowest BCUT2D eigenvalue weighted by Crippen LogP contribution is -2.15. The van der Waals surface area contributed by atoms with Crippen LogP contribution in [0.15, 0.2) is 22.2 Å². The first-order valence-corrected chi connectivity index (χ1v) is 7.61. The molecule has 1 N–H and O–H groups in total. The van der Waals surface area contributed by atoms with Gasteiger partial charge in [0, 0.05) is 19.6 Å². The number of nitrogens with one attached hydrogen (secondary N) is 1. The predicted octanol–water partition coefficient (Wildman–Crippen LogP) is 2.80. The fourth-order valence-electron chi connectivity index (χ4n) is 1.93. The summed E-state index contributed by atoms with van der Waals surface area (Å²) in [6, 6.07) is 3.26. The van der Waals surface area contributed by atoms with Crippen molar-refractivity contribution in [1.29, 1.82) is 0 Å². The fourth-order valence-corrected chi connectivity index (χ4v) is 2.78. The van der Waals surface area contributed by atoms with Gasteiger partial charge in [0.15, 0.2) is 5.16 Å². The number of hydrogen-bond donors (Lipinski definition) is 1. The number of nitrogens with zero attached hydrogens (tertiary/aromatic N) is 3. The van der Waals surface area contributed by atoms with E-state index in [4.69, 9.17) is 0 Å². The number of halogens is 2. The Hall–Kier alpha value is -1.47. The smallest absolute Gasteiger partial charge is 0.195 e. The van der Waals surface area contributed by atoms with Crippen molar-refractivity contribution in [3.8, 4) is 0 Å². The molecule has 0 atom stereocenters. The highest BCUT2D eigenvalue weighted by atomic mass is 32.2. The monoisotopic (exact) mass is 310 g/mol. The van der Waals surface area contributed by atoms with E-state index in [1.54, 1.807) is 18.5 Å². The van der Waals surface area contributed by atoms with E-state index < -0.39 is 11.6 Å². The van der Waals surface area contributed by atoms with Crippen LogP contribution in [0.2, 0.25) is 0 Å². The lowest BCUT2D eigenvalue weighted by Gasteiger charge is -2.08. The summed E-state index contributed by atoms with van der Waals surface area (Å²) < 4.78 is 30.0. The van der Waals surface area contributed by atoms with Crippen LogP contribution in [-0.2, 0) is 13.6 Å². The average Bonchev–Trinajstić information content (AvgIpc) is 3.21. The second kappa shape index (κ2) is 5.73. The molecule has 1 aromatic carbocycles. The van der Waals surface area contributed by atoms with Gasteiger partial charge in [-0.15, -0.1) is 10.2 Å². The van der Waals surface area contributed by atoms with Crippen molar-refractivity contribution in [2.24, 2.45) is 7.05 Å². The number of benzene rings is 1. The number of hydrogen-bond acceptors (Lipinski definition) is 4. The normalized spacial score (nSPS) is 14.7. The van der Waals surface area contributed by atoms with Crippen molar-refractivity contribution >= 4 is 11.8 Å². The first kappa shape index (κ1) is 14.5. The van der Waals surface area contributed by atoms with Crippen LogP contribution in [0.25, 0.3) is 0 Å². The standard InChI is InChI=1S/C14H16F2N4S/c1-8-18-19-14(20(8)2)21-13-11(15)5-9(6-12(13)16)7-17-10-3-4-10/h5-6,10,17H,3-4,7H2,1-2H3. The second-order valence-corrected chi connectivity index (χ2v) is 6.21. The number of aromatic nitrogens is 3. The van der Waals surface area contributed by atoms with Crippen LogP contribution in [0.1, 0.15) is 24.2 Å². The lowest BCUT2D eigenvalue weighted by atomic mass is 10.2. The van der Waals surface area contributed by atoms with Gasteiger partial charge >= 0.3 is 0 Å². The van der Waals surface area contributed by atoms with Crippen molar-refractivity contribution in [3.63, 3.8) is 0 Å². The summed E-state index contributed by atoms with van der Waals surface area (Å²) in [6.45, 7) is 2.28. The van der Waals surface area contributed by atoms with Crippen LogP contribution in [0, 0.1) is 18.6 Å². The molecule has 1 fully saturated rings. The molecular weight excluding hydrogens is 294 g/mol. The molecule has 2 aromatic rings. The molecule has 0 spiro atoms. The molecule has 7 heteroatoms. The van der Waals surface area contributed by atoms with Gasteiger partial charge in [0.2, 0.25) is 0 Å². The van der Waals surface area contributed by atoms with Crippen LogP contribution in [0.4, 0.5) is 8.78 Å². The van der Waals surface area contributed by atoms with Gasteiger partial charge in [0.1, 0.15) is 17.5 Å². The Kier molecular flexibility index (Phi) is 3.95. The Bertz CT molecular complexity index is 644. The minimum Gasteiger partial charge on any atom is -0.310 e. The van der Waals surface area contributed by atoms with Crippen molar-refractivity contribution in [2.75, 3.05) is 0 Å². The third-order valence-electron chi connectivity index (χ3n) is 3.48. The average molecular weight is 310 g/mol. The third-order valence-corrected chi connectivity index (χ3v) is 4.61. The zero-order valence-electron chi connectivity index (χ0n) is 11.9. The van der Waals surface area contributed by atoms with Crippen molar-refractivity contribution < 1.29 is 8.78 Å². The molecule has 0 radical (unpaired) electrons. The van der Waals surface area contributed by atoms with Gasteiger partial charge in [-0.05, 0) is 49.2 Å². The van der Waals surface area contributed by atoms with Crippen LogP contribution in [0.3, 0.4) is 0 Å². The van der Waals surface area contributed by atoms with Crippen LogP contribution >= 0.6 is 11.8 Å². The SMILES string of the molecule is Cc1nnc(Sc2c(F)cc(CNC3CC3)cc2F)n1C. The zero-order valence-corrected chi connectivity index (χ0v) is 12.7. The Morgan fingerprint density at radius 1 is 1.29 bits per heavy atom. The van der Waals surface area contributed by atoms with Crippen LogP contribution < -0.4 is 5.32 Å². The summed E-state index contributed by atoms with van der Waals surface area (Å²) in [5.74, 6) is -0.426. The minimum atomic E-state index is -0.562. The molecule has 1 aromatic heterocycles. The highest BCUT2D eigenvalue weighted by molar-refractivity contribution is 7.99. The topological polar surface area (TPSA) is 42.7 Å². The second-order valence-electron chi connectivity index (χ2n) is 5.23. The third kappa shape index (κ3) is 3.24. The summed E-state index contributed by atoms with van der Waals surface area (Å²) in [7, 11) is 1.77. The van der Waals surface area contributed by atoms with E-state index in [9.17, 15) is 8.78 Å². The van der Waals surface area contributed by atoms with E-state index in [-0.39, 0.29) is 4.90 Å². The number of rotatable bonds is 5. The zero-order chi connectivity index (χ0) is 15.0. The van der Waals surface area contributed by atoms with Gasteiger partial charge in [-0.25, -0.2) is 8.78 Å². The molecule has 112 valence electrons. The van der Waals surface area contributed by atoms with Gasteiger partial charge in [-0.3, -0.25) is 0 Å². The summed E-state index contributed by atoms with van der Waals surface area (Å²) in [5.41, 5.74) is 0.621. The maximum absolute atomic E-state index is 14.1. The van der Waals surface area contributed by atoms with Gasteiger partial charge in [0.05, 0.1) is 4.90 Å². The molecule has 4 nitrogen and oxygen atoms in total. The molecule has 3 rings (SSSR count). The van der Waals surface area contributed by atoms with Crippen molar-refractivity contribution in [3.05, 3.63) is 35.2 Å². The lowest BCUT2D eigenvalue weighted by molar-refractivity contribution is 0.533. The molecular formula is C14H16F2N4S. The van der Waals surface area contributed by atoms with Gasteiger partial charge < -0.3 is 9.88 Å². The number of aryl methyl sites for hydroxylation is 1. The minimum absolute atomic E-state index is 0.0410. The Balaban J connectivity index is 1.79. The van der Waals surface area contributed by atoms with E-state index >= 15 is 0 Å². The van der Waals surface area contributed by atoms with Gasteiger partial charge in [-0.1, -0.05) is 0 Å². The van der Waals surface area contributed by atoms with Crippen LogP contribution in [-0.4, -0.2) is 20.8 Å². The van der Waals surface area contributed by atoms with E-state index in [2.05, 4.69) is 15.5 Å². The quantitative estimate of drug-likeness (QED) is 0.922. The molecule has 21 heavy (non-hydrogen) atoms. The van der Waals surface area contributed by atoms with Crippen LogP contribution in [0.5, 0.6) is 0 Å². The first-order chi connectivity index (χ1) is 10.0. The van der Waals surface area contributed by atoms with E-state index in [0.717, 1.165) is 24.6 Å². The Labute approximate surface area is 126 Å². The Morgan fingerprint density at radius 3 is 2.48 bits per heavy atom. The summed E-state index contributed by atoms with van der Waals surface area (Å²) in [6.07, 6.45) is 2.29. The maximum Gasteiger partial charge on any atom is 0.195 e. The van der Waals surface area contributed by atoms with Crippen molar-refractivity contribution in [1.82, 2.24) is 20.1 Å². The molecule has 0 bridgehead atoms. The molecule has 0 unspecified atom stereocenters. The summed E-state index contributed by atoms with van der Waals surface area (Å²) in [4.78, 5) is -0.0410. The van der Waals surface area contributed by atoms with E-state index in [1.165, 1.54) is 12.1 Å². The molecule has 0 amide bonds. The predicted molar refractivity (Wildman–Crippen MR) is 76.1 cm³/mol. The van der Waals surface area contributed by atoms with Crippen molar-refractivity contribution in [2.45, 2.75) is 42.4 Å². The van der Waals surface area contributed by atoms with E-state index in [1.807, 2.05) is 0 Å². The van der Waals surface area contributed by atoms with Gasteiger partial charge in [0.25, 0.3) is 0 Å². The maximum atomic E-state index is 14.1. The summed E-state index contributed by atoms with van der Waals surface area (Å²) >= 11 is 0.953. The van der Waals surface area contributed by atoms with Gasteiger partial charge in [-0.2, -0.15) is 0 Å². The Morgan fingerprint density at radius 2 is 1.95 bits per heavy atom. The summed E-state index contributed by atoms with van der Waals surface area (Å²) in [5, 5.41) is 11.5. The molecule has 1 heterocycles.